The van der Waals surface area contributed by atoms with Crippen LogP contribution in [-0.2, 0) is 0 Å². The lowest BCUT2D eigenvalue weighted by Gasteiger charge is -2.28. The zero-order chi connectivity index (χ0) is 7.61. The maximum absolute atomic E-state index is 8.78. The Bertz CT molecular complexity index is 151. The van der Waals surface area contributed by atoms with Gasteiger partial charge < -0.3 is 0 Å². The van der Waals surface area contributed by atoms with Crippen LogP contribution in [0.3, 0.4) is 0 Å². The van der Waals surface area contributed by atoms with E-state index in [4.69, 9.17) is 5.26 Å². The third-order valence-corrected chi connectivity index (χ3v) is 3.53. The van der Waals surface area contributed by atoms with Crippen LogP contribution in [0.4, 0.5) is 0 Å². The van der Waals surface area contributed by atoms with Crippen molar-refractivity contribution < 1.29 is 0 Å². The molecule has 0 N–H and O–H groups in total. The lowest BCUT2D eigenvalue weighted by atomic mass is 9.77. The van der Waals surface area contributed by atoms with Crippen LogP contribution in [-0.4, -0.2) is 3.92 Å². The molecule has 1 fully saturated rings. The minimum absolute atomic E-state index is 0.00166. The van der Waals surface area contributed by atoms with Gasteiger partial charge in [-0.15, -0.1) is 0 Å². The fraction of sp³-hybridized carbons (Fsp3) is 0.875. The third-order valence-electron chi connectivity index (χ3n) is 2.29. The van der Waals surface area contributed by atoms with Gasteiger partial charge in [0.25, 0.3) is 0 Å². The summed E-state index contributed by atoms with van der Waals surface area (Å²) in [5, 5.41) is 8.78. The van der Waals surface area contributed by atoms with Gasteiger partial charge in [0.05, 0.1) is 11.5 Å². The molecule has 0 aromatic carbocycles. The van der Waals surface area contributed by atoms with Crippen LogP contribution in [0.15, 0.2) is 0 Å². The Morgan fingerprint density at radius 2 is 2.00 bits per heavy atom. The summed E-state index contributed by atoms with van der Waals surface area (Å²) >= 11 is 2.48. The average molecular weight is 249 g/mol. The fourth-order valence-electron chi connectivity index (χ4n) is 1.33. The van der Waals surface area contributed by atoms with Gasteiger partial charge >= 0.3 is 0 Å². The number of nitriles is 1. The summed E-state index contributed by atoms with van der Waals surface area (Å²) in [6, 6.07) is 2.40. The van der Waals surface area contributed by atoms with E-state index in [0.29, 0.717) is 0 Å². The predicted octanol–water partition coefficient (Wildman–Crippen LogP) is 2.89. The van der Waals surface area contributed by atoms with E-state index >= 15 is 0 Å². The summed E-state index contributed by atoms with van der Waals surface area (Å²) in [4.78, 5) is 0. The second kappa shape index (κ2) is 3.08. The van der Waals surface area contributed by atoms with Gasteiger partial charge in [0.15, 0.2) is 0 Å². The highest BCUT2D eigenvalue weighted by Gasteiger charge is 2.29. The summed E-state index contributed by atoms with van der Waals surface area (Å²) < 4.78 is 0.819. The molecule has 0 bridgehead atoms. The van der Waals surface area contributed by atoms with Crippen LogP contribution < -0.4 is 0 Å². The fourth-order valence-corrected chi connectivity index (χ4v) is 1.95. The van der Waals surface area contributed by atoms with Gasteiger partial charge in [0, 0.05) is 3.92 Å². The van der Waals surface area contributed by atoms with E-state index in [1.807, 2.05) is 0 Å². The molecule has 0 aromatic heterocycles. The van der Waals surface area contributed by atoms with E-state index in [1.54, 1.807) is 0 Å². The van der Waals surface area contributed by atoms with E-state index < -0.39 is 0 Å². The highest BCUT2D eigenvalue weighted by molar-refractivity contribution is 14.1. The Kier molecular flexibility index (Phi) is 2.56. The summed E-state index contributed by atoms with van der Waals surface area (Å²) in [5.41, 5.74) is 0.00166. The van der Waals surface area contributed by atoms with E-state index in [-0.39, 0.29) is 5.41 Å². The highest BCUT2D eigenvalue weighted by Crippen LogP contribution is 2.37. The van der Waals surface area contributed by atoms with Gasteiger partial charge in [-0.3, -0.25) is 0 Å². The van der Waals surface area contributed by atoms with E-state index in [2.05, 4.69) is 35.6 Å². The Labute approximate surface area is 75.9 Å². The van der Waals surface area contributed by atoms with Crippen molar-refractivity contribution in [2.75, 3.05) is 0 Å². The summed E-state index contributed by atoms with van der Waals surface area (Å²) in [5.74, 6) is 0. The van der Waals surface area contributed by atoms with Gasteiger partial charge in [0.2, 0.25) is 0 Å². The van der Waals surface area contributed by atoms with Crippen molar-refractivity contribution in [2.24, 2.45) is 5.41 Å². The topological polar surface area (TPSA) is 23.8 Å². The van der Waals surface area contributed by atoms with E-state index in [9.17, 15) is 0 Å². The average Bonchev–Trinajstić information content (AvgIpc) is 1.96. The van der Waals surface area contributed by atoms with Crippen molar-refractivity contribution in [3.8, 4) is 6.07 Å². The van der Waals surface area contributed by atoms with Crippen molar-refractivity contribution in [2.45, 2.75) is 36.5 Å². The third kappa shape index (κ3) is 1.85. The molecule has 1 nitrogen and oxygen atoms in total. The first-order valence-corrected chi connectivity index (χ1v) is 4.96. The molecule has 1 aliphatic carbocycles. The van der Waals surface area contributed by atoms with Gasteiger partial charge in [-0.25, -0.2) is 0 Å². The van der Waals surface area contributed by atoms with E-state index in [0.717, 1.165) is 16.8 Å². The minimum atomic E-state index is 0.00166. The molecule has 0 aliphatic heterocycles. The Morgan fingerprint density at radius 3 is 2.40 bits per heavy atom. The molecule has 2 heteroatoms. The molecular weight excluding hydrogens is 237 g/mol. The molecule has 0 saturated heterocycles. The molecule has 1 saturated carbocycles. The second-order valence-corrected chi connectivity index (χ2v) is 5.11. The van der Waals surface area contributed by atoms with Crippen molar-refractivity contribution in [3.63, 3.8) is 0 Å². The van der Waals surface area contributed by atoms with Crippen LogP contribution in [0.1, 0.15) is 32.6 Å². The first-order chi connectivity index (χ1) is 4.66. The summed E-state index contributed by atoms with van der Waals surface area (Å²) in [6.45, 7) is 2.08. The largest absolute Gasteiger partial charge is 0.198 e. The molecule has 0 aromatic rings. The molecule has 0 spiro atoms. The quantitative estimate of drug-likeness (QED) is 0.478. The van der Waals surface area contributed by atoms with Gasteiger partial charge in [-0.1, -0.05) is 22.6 Å². The van der Waals surface area contributed by atoms with Crippen LogP contribution >= 0.6 is 22.6 Å². The molecule has 0 atom stereocenters. The van der Waals surface area contributed by atoms with Gasteiger partial charge in [-0.2, -0.15) is 5.26 Å². The van der Waals surface area contributed by atoms with Crippen LogP contribution in [0.2, 0.25) is 0 Å². The molecule has 1 aliphatic rings. The molecule has 0 amide bonds. The second-order valence-electron chi connectivity index (χ2n) is 3.35. The minimum Gasteiger partial charge on any atom is -0.198 e. The number of hydrogen-bond acceptors (Lipinski definition) is 1. The maximum Gasteiger partial charge on any atom is 0.0686 e. The van der Waals surface area contributed by atoms with Crippen molar-refractivity contribution in [1.82, 2.24) is 0 Å². The molecule has 0 heterocycles. The lowest BCUT2D eigenvalue weighted by molar-refractivity contribution is 0.307. The number of nitrogens with zero attached hydrogens (tertiary/aromatic N) is 1. The normalized spacial score (nSPS) is 40.7. The molecule has 10 heavy (non-hydrogen) atoms. The smallest absolute Gasteiger partial charge is 0.0686 e. The van der Waals surface area contributed by atoms with Crippen molar-refractivity contribution in [3.05, 3.63) is 0 Å². The zero-order valence-electron chi connectivity index (χ0n) is 6.23. The molecule has 56 valence electrons. The summed E-state index contributed by atoms with van der Waals surface area (Å²) in [6.07, 6.45) is 4.64. The lowest BCUT2D eigenvalue weighted by Crippen LogP contribution is -2.22. The van der Waals surface area contributed by atoms with Crippen LogP contribution in [0.25, 0.3) is 0 Å². The summed E-state index contributed by atoms with van der Waals surface area (Å²) in [7, 11) is 0. The first kappa shape index (κ1) is 8.32. The Hall–Kier alpha value is 0.220. The number of rotatable bonds is 0. The van der Waals surface area contributed by atoms with E-state index in [1.165, 1.54) is 12.8 Å². The monoisotopic (exact) mass is 249 g/mol. The maximum atomic E-state index is 8.78. The standard InChI is InChI=1S/C8H12IN/c1-8(6-10)4-2-7(9)3-5-8/h7H,2-5H2,1H3. The number of halogens is 1. The van der Waals surface area contributed by atoms with Gasteiger partial charge in [-0.05, 0) is 32.6 Å². The van der Waals surface area contributed by atoms with Crippen molar-refractivity contribution in [1.29, 1.82) is 5.26 Å². The first-order valence-electron chi connectivity index (χ1n) is 3.72. The highest BCUT2D eigenvalue weighted by atomic mass is 127. The van der Waals surface area contributed by atoms with Crippen molar-refractivity contribution >= 4 is 22.6 Å². The van der Waals surface area contributed by atoms with Crippen LogP contribution in [0, 0.1) is 16.7 Å². The molecular formula is C8H12IN. The zero-order valence-corrected chi connectivity index (χ0v) is 8.39. The molecule has 1 rings (SSSR count). The van der Waals surface area contributed by atoms with Crippen LogP contribution in [0.5, 0.6) is 0 Å². The Balaban J connectivity index is 2.48. The molecule has 0 unspecified atom stereocenters. The number of hydrogen-bond donors (Lipinski definition) is 0. The SMILES string of the molecule is CC1(C#N)CCC(I)CC1. The Morgan fingerprint density at radius 1 is 1.50 bits per heavy atom. The van der Waals surface area contributed by atoms with Gasteiger partial charge in [0.1, 0.15) is 0 Å². The molecule has 0 radical (unpaired) electrons. The predicted molar refractivity (Wildman–Crippen MR) is 50.0 cm³/mol. The number of alkyl halides is 1.